The van der Waals surface area contributed by atoms with Gasteiger partial charge in [0, 0.05) is 0 Å². The third-order valence-electron chi connectivity index (χ3n) is 1.39. The molecule has 0 fully saturated rings. The predicted octanol–water partition coefficient (Wildman–Crippen LogP) is -0.781. The second kappa shape index (κ2) is 2.94. The first kappa shape index (κ1) is 8.59. The molecule has 3 heteroatoms. The maximum atomic E-state index is 10.3. The molecular weight excluding hydrogens is 116 g/mol. The molecule has 0 heterocycles. The van der Waals surface area contributed by atoms with Crippen LogP contribution in [0.1, 0.15) is 0 Å². The molecule has 0 saturated carbocycles. The SMILES string of the molecule is C[N+](C)(C)C(C=O)CN. The second-order valence-corrected chi connectivity index (χ2v) is 3.06. The van der Waals surface area contributed by atoms with Crippen molar-refractivity contribution < 1.29 is 9.28 Å². The summed E-state index contributed by atoms with van der Waals surface area (Å²) in [5.41, 5.74) is 5.32. The average molecular weight is 131 g/mol. The Morgan fingerprint density at radius 3 is 2.00 bits per heavy atom. The van der Waals surface area contributed by atoms with Crippen LogP contribution in [0.25, 0.3) is 0 Å². The summed E-state index contributed by atoms with van der Waals surface area (Å²) in [5.74, 6) is 0. The molecule has 54 valence electrons. The number of nitrogens with zero attached hydrogens (tertiary/aromatic N) is 1. The van der Waals surface area contributed by atoms with E-state index < -0.39 is 0 Å². The molecule has 0 amide bonds. The zero-order valence-electron chi connectivity index (χ0n) is 6.29. The lowest BCUT2D eigenvalue weighted by atomic mass is 10.3. The first-order chi connectivity index (χ1) is 4.02. The van der Waals surface area contributed by atoms with Crippen LogP contribution in [0.3, 0.4) is 0 Å². The van der Waals surface area contributed by atoms with E-state index in [-0.39, 0.29) is 6.04 Å². The number of carbonyl (C=O) groups excluding carboxylic acids is 1. The molecule has 0 aromatic carbocycles. The fourth-order valence-corrected chi connectivity index (χ4v) is 0.554. The highest BCUT2D eigenvalue weighted by atomic mass is 16.1. The van der Waals surface area contributed by atoms with Crippen molar-refractivity contribution >= 4 is 6.29 Å². The number of carbonyl (C=O) groups is 1. The van der Waals surface area contributed by atoms with Crippen LogP contribution in [-0.2, 0) is 4.79 Å². The van der Waals surface area contributed by atoms with Crippen molar-refractivity contribution in [2.24, 2.45) is 5.73 Å². The molecule has 0 aromatic heterocycles. The first-order valence-electron chi connectivity index (χ1n) is 2.99. The lowest BCUT2D eigenvalue weighted by molar-refractivity contribution is -0.883. The molecular formula is C6H15N2O+. The minimum absolute atomic E-state index is 0.0648. The first-order valence-corrected chi connectivity index (χ1v) is 2.99. The molecule has 9 heavy (non-hydrogen) atoms. The van der Waals surface area contributed by atoms with Gasteiger partial charge in [-0.15, -0.1) is 0 Å². The third-order valence-corrected chi connectivity index (χ3v) is 1.39. The topological polar surface area (TPSA) is 43.1 Å². The van der Waals surface area contributed by atoms with Gasteiger partial charge in [0.1, 0.15) is 0 Å². The van der Waals surface area contributed by atoms with Gasteiger partial charge in [-0.1, -0.05) is 0 Å². The summed E-state index contributed by atoms with van der Waals surface area (Å²) in [6, 6.07) is -0.0648. The molecule has 0 spiro atoms. The van der Waals surface area contributed by atoms with E-state index in [2.05, 4.69) is 0 Å². The summed E-state index contributed by atoms with van der Waals surface area (Å²) < 4.78 is 0.611. The lowest BCUT2D eigenvalue weighted by Crippen LogP contribution is -2.50. The number of nitrogens with two attached hydrogens (primary N) is 1. The van der Waals surface area contributed by atoms with Gasteiger partial charge in [-0.05, 0) is 0 Å². The molecule has 0 rings (SSSR count). The molecule has 1 unspecified atom stereocenters. The van der Waals surface area contributed by atoms with E-state index in [1.807, 2.05) is 21.1 Å². The van der Waals surface area contributed by atoms with Gasteiger partial charge in [0.25, 0.3) is 0 Å². The second-order valence-electron chi connectivity index (χ2n) is 3.06. The Balaban J connectivity index is 3.94. The van der Waals surface area contributed by atoms with Crippen LogP contribution in [0.2, 0.25) is 0 Å². The van der Waals surface area contributed by atoms with E-state index in [0.717, 1.165) is 6.29 Å². The van der Waals surface area contributed by atoms with Crippen LogP contribution < -0.4 is 5.73 Å². The largest absolute Gasteiger partial charge is 0.325 e. The van der Waals surface area contributed by atoms with Gasteiger partial charge < -0.3 is 10.2 Å². The van der Waals surface area contributed by atoms with Crippen LogP contribution in [0.5, 0.6) is 0 Å². The third kappa shape index (κ3) is 2.58. The van der Waals surface area contributed by atoms with E-state index in [0.29, 0.717) is 11.0 Å². The van der Waals surface area contributed by atoms with Crippen LogP contribution in [0.15, 0.2) is 0 Å². The van der Waals surface area contributed by atoms with Gasteiger partial charge in [-0.3, -0.25) is 4.79 Å². The van der Waals surface area contributed by atoms with Crippen molar-refractivity contribution in [3.8, 4) is 0 Å². The molecule has 3 nitrogen and oxygen atoms in total. The van der Waals surface area contributed by atoms with E-state index in [4.69, 9.17) is 5.73 Å². The van der Waals surface area contributed by atoms with E-state index >= 15 is 0 Å². The minimum atomic E-state index is -0.0648. The van der Waals surface area contributed by atoms with Crippen molar-refractivity contribution in [2.45, 2.75) is 6.04 Å². The Hall–Kier alpha value is -0.410. The summed E-state index contributed by atoms with van der Waals surface area (Å²) in [5, 5.41) is 0. The zero-order valence-corrected chi connectivity index (χ0v) is 6.29. The Morgan fingerprint density at radius 2 is 2.00 bits per heavy atom. The summed E-state index contributed by atoms with van der Waals surface area (Å²) in [6.45, 7) is 0.424. The maximum Gasteiger partial charge on any atom is 0.178 e. The molecule has 0 aliphatic rings. The van der Waals surface area contributed by atoms with E-state index in [1.54, 1.807) is 0 Å². The van der Waals surface area contributed by atoms with Crippen molar-refractivity contribution in [3.63, 3.8) is 0 Å². The van der Waals surface area contributed by atoms with Gasteiger partial charge in [0.15, 0.2) is 12.3 Å². The number of rotatable bonds is 3. The number of quaternary nitrogens is 1. The maximum absolute atomic E-state index is 10.3. The van der Waals surface area contributed by atoms with Crippen molar-refractivity contribution in [1.82, 2.24) is 0 Å². The summed E-state index contributed by atoms with van der Waals surface area (Å²) in [7, 11) is 5.85. The lowest BCUT2D eigenvalue weighted by Gasteiger charge is -2.29. The van der Waals surface area contributed by atoms with E-state index in [9.17, 15) is 4.79 Å². The normalized spacial score (nSPS) is 15.1. The van der Waals surface area contributed by atoms with Crippen LogP contribution in [0, 0.1) is 0 Å². The summed E-state index contributed by atoms with van der Waals surface area (Å²) >= 11 is 0. The molecule has 0 aliphatic carbocycles. The van der Waals surface area contributed by atoms with Crippen LogP contribution >= 0.6 is 0 Å². The molecule has 1 atom stereocenters. The predicted molar refractivity (Wildman–Crippen MR) is 36.9 cm³/mol. The fourth-order valence-electron chi connectivity index (χ4n) is 0.554. The molecule has 0 radical (unpaired) electrons. The minimum Gasteiger partial charge on any atom is -0.325 e. The Morgan fingerprint density at radius 1 is 1.56 bits per heavy atom. The molecule has 2 N–H and O–H groups in total. The highest BCUT2D eigenvalue weighted by Crippen LogP contribution is 1.96. The van der Waals surface area contributed by atoms with Crippen molar-refractivity contribution in [2.75, 3.05) is 27.7 Å². The van der Waals surface area contributed by atoms with Crippen molar-refractivity contribution in [3.05, 3.63) is 0 Å². The Kier molecular flexibility index (Phi) is 2.81. The number of hydrogen-bond donors (Lipinski definition) is 1. The Bertz CT molecular complexity index is 95.7. The summed E-state index contributed by atoms with van der Waals surface area (Å²) in [4.78, 5) is 10.3. The fraction of sp³-hybridized carbons (Fsp3) is 0.833. The standard InChI is InChI=1S/C6H15N2O/c1-8(2,3)6(4-7)5-9/h5-6H,4,7H2,1-3H3/q+1. The molecule has 0 aromatic rings. The molecule has 0 saturated heterocycles. The highest BCUT2D eigenvalue weighted by Gasteiger charge is 2.20. The van der Waals surface area contributed by atoms with Gasteiger partial charge >= 0.3 is 0 Å². The monoisotopic (exact) mass is 131 g/mol. The average Bonchev–Trinajstić information content (AvgIpc) is 1.65. The smallest absolute Gasteiger partial charge is 0.178 e. The van der Waals surface area contributed by atoms with Gasteiger partial charge in [-0.25, -0.2) is 0 Å². The highest BCUT2D eigenvalue weighted by molar-refractivity contribution is 5.56. The quantitative estimate of drug-likeness (QED) is 0.403. The van der Waals surface area contributed by atoms with Crippen LogP contribution in [0.4, 0.5) is 0 Å². The molecule has 0 aliphatic heterocycles. The molecule has 0 bridgehead atoms. The Labute approximate surface area is 56.0 Å². The number of hydrogen-bond acceptors (Lipinski definition) is 2. The van der Waals surface area contributed by atoms with Crippen molar-refractivity contribution in [1.29, 1.82) is 0 Å². The zero-order chi connectivity index (χ0) is 7.49. The van der Waals surface area contributed by atoms with Gasteiger partial charge in [0.2, 0.25) is 0 Å². The number of aldehydes is 1. The van der Waals surface area contributed by atoms with Crippen LogP contribution in [-0.4, -0.2) is 44.5 Å². The van der Waals surface area contributed by atoms with E-state index in [1.165, 1.54) is 0 Å². The van der Waals surface area contributed by atoms with Gasteiger partial charge in [-0.2, -0.15) is 0 Å². The van der Waals surface area contributed by atoms with Gasteiger partial charge in [0.05, 0.1) is 27.7 Å². The summed E-state index contributed by atoms with van der Waals surface area (Å²) in [6.07, 6.45) is 0.903. The number of likely N-dealkylation sites (N-methyl/N-ethyl adjacent to an activating group) is 1.